The zero-order valence-corrected chi connectivity index (χ0v) is 17.9. The molecule has 0 unspecified atom stereocenters. The number of hydrogen-bond donors (Lipinski definition) is 2. The highest BCUT2D eigenvalue weighted by atomic mass is 16.5. The number of hydrazone groups is 1. The minimum Gasteiger partial charge on any atom is -0.497 e. The van der Waals surface area contributed by atoms with Gasteiger partial charge in [0.2, 0.25) is 11.8 Å². The lowest BCUT2D eigenvalue weighted by Gasteiger charge is -2.10. The Morgan fingerprint density at radius 2 is 1.82 bits per heavy atom. The van der Waals surface area contributed by atoms with Gasteiger partial charge in [0, 0.05) is 22.9 Å². The smallest absolute Gasteiger partial charge is 0.249 e. The predicted molar refractivity (Wildman–Crippen MR) is 124 cm³/mol. The summed E-state index contributed by atoms with van der Waals surface area (Å²) >= 11 is 0. The summed E-state index contributed by atoms with van der Waals surface area (Å²) in [5.41, 5.74) is 4.81. The first-order valence-electron chi connectivity index (χ1n) is 10.0. The molecule has 0 radical (unpaired) electrons. The maximum Gasteiger partial charge on any atom is 0.249 e. The highest BCUT2D eigenvalue weighted by molar-refractivity contribution is 6.03. The molecule has 0 spiro atoms. The molecule has 3 aromatic carbocycles. The van der Waals surface area contributed by atoms with E-state index in [1.54, 1.807) is 54.6 Å². The van der Waals surface area contributed by atoms with Crippen molar-refractivity contribution in [1.29, 1.82) is 5.26 Å². The van der Waals surface area contributed by atoms with Gasteiger partial charge in [0.05, 0.1) is 25.0 Å². The van der Waals surface area contributed by atoms with E-state index in [0.717, 1.165) is 5.56 Å². The van der Waals surface area contributed by atoms with Gasteiger partial charge in [-0.1, -0.05) is 36.4 Å². The largest absolute Gasteiger partial charge is 0.497 e. The second-order valence-corrected chi connectivity index (χ2v) is 6.85. The maximum absolute atomic E-state index is 12.1. The van der Waals surface area contributed by atoms with Crippen LogP contribution in [0.2, 0.25) is 0 Å². The third-order valence-electron chi connectivity index (χ3n) is 4.51. The third kappa shape index (κ3) is 6.94. The molecule has 0 aliphatic carbocycles. The lowest BCUT2D eigenvalue weighted by atomic mass is 10.1. The Labute approximate surface area is 191 Å². The van der Waals surface area contributed by atoms with Crippen LogP contribution in [0, 0.1) is 11.3 Å². The molecule has 0 atom stereocenters. The number of para-hydroxylation sites is 1. The van der Waals surface area contributed by atoms with Crippen LogP contribution in [0.4, 0.5) is 5.69 Å². The zero-order valence-electron chi connectivity index (χ0n) is 17.9. The van der Waals surface area contributed by atoms with Crippen LogP contribution < -0.4 is 20.2 Å². The van der Waals surface area contributed by atoms with Crippen LogP contribution in [0.3, 0.4) is 0 Å². The van der Waals surface area contributed by atoms with Crippen molar-refractivity contribution in [3.05, 3.63) is 89.5 Å². The van der Waals surface area contributed by atoms with E-state index < -0.39 is 18.2 Å². The van der Waals surface area contributed by atoms with Crippen molar-refractivity contribution in [1.82, 2.24) is 5.43 Å². The van der Waals surface area contributed by atoms with E-state index in [4.69, 9.17) is 9.47 Å². The van der Waals surface area contributed by atoms with E-state index in [0.29, 0.717) is 28.3 Å². The van der Waals surface area contributed by atoms with Gasteiger partial charge in [-0.25, -0.2) is 5.43 Å². The third-order valence-corrected chi connectivity index (χ3v) is 4.51. The van der Waals surface area contributed by atoms with Crippen LogP contribution in [0.5, 0.6) is 11.5 Å². The molecule has 8 nitrogen and oxygen atoms in total. The molecule has 0 heterocycles. The summed E-state index contributed by atoms with van der Waals surface area (Å²) in [7, 11) is 1.53. The average Bonchev–Trinajstić information content (AvgIpc) is 2.83. The van der Waals surface area contributed by atoms with E-state index in [9.17, 15) is 14.9 Å². The number of methoxy groups -OCH3 is 1. The average molecular weight is 442 g/mol. The molecule has 0 aliphatic rings. The summed E-state index contributed by atoms with van der Waals surface area (Å²) in [5, 5.41) is 15.8. The predicted octanol–water partition coefficient (Wildman–Crippen LogP) is 3.62. The van der Waals surface area contributed by atoms with Crippen LogP contribution in [-0.2, 0) is 16.2 Å². The minimum atomic E-state index is -0.562. The van der Waals surface area contributed by atoms with Crippen molar-refractivity contribution >= 4 is 23.7 Å². The molecule has 0 aromatic heterocycles. The molecule has 2 amide bonds. The number of rotatable bonds is 9. The standard InChI is InChI=1S/C25H22N4O4/c1-32-22-11-6-10-21(13-22)28-24(30)14-25(31)29-27-16-19-8-4-5-12-23(19)33-17-20-9-3-2-7-18(20)15-26/h2-13,16H,14,17H2,1H3,(H,28,30)(H,29,31). The lowest BCUT2D eigenvalue weighted by Crippen LogP contribution is -2.24. The molecule has 0 aliphatic heterocycles. The minimum absolute atomic E-state index is 0.214. The Morgan fingerprint density at radius 1 is 1.03 bits per heavy atom. The molecular weight excluding hydrogens is 420 g/mol. The summed E-state index contributed by atoms with van der Waals surface area (Å²) in [4.78, 5) is 24.1. The fraction of sp³-hybridized carbons (Fsp3) is 0.120. The van der Waals surface area contributed by atoms with Crippen molar-refractivity contribution in [3.8, 4) is 17.6 Å². The molecule has 3 aromatic rings. The molecule has 2 N–H and O–H groups in total. The van der Waals surface area contributed by atoms with Gasteiger partial charge < -0.3 is 14.8 Å². The Bertz CT molecular complexity index is 1200. The van der Waals surface area contributed by atoms with Gasteiger partial charge in [0.25, 0.3) is 0 Å². The summed E-state index contributed by atoms with van der Waals surface area (Å²) in [6, 6.07) is 23.3. The number of hydrogen-bond acceptors (Lipinski definition) is 6. The number of benzene rings is 3. The van der Waals surface area contributed by atoms with Crippen LogP contribution in [-0.4, -0.2) is 25.1 Å². The molecule has 0 saturated carbocycles. The zero-order chi connectivity index (χ0) is 23.5. The maximum atomic E-state index is 12.1. The topological polar surface area (TPSA) is 113 Å². The molecule has 0 fully saturated rings. The second kappa shape index (κ2) is 11.7. The Hall–Kier alpha value is -4.64. The van der Waals surface area contributed by atoms with E-state index >= 15 is 0 Å². The summed E-state index contributed by atoms with van der Waals surface area (Å²) in [6.45, 7) is 0.214. The van der Waals surface area contributed by atoms with Gasteiger partial charge in [-0.2, -0.15) is 10.4 Å². The van der Waals surface area contributed by atoms with E-state index in [1.807, 2.05) is 18.2 Å². The summed E-state index contributed by atoms with van der Waals surface area (Å²) in [5.74, 6) is 0.0988. The van der Waals surface area contributed by atoms with Gasteiger partial charge >= 0.3 is 0 Å². The molecule has 3 rings (SSSR count). The number of carbonyl (C=O) groups excluding carboxylic acids is 2. The van der Waals surface area contributed by atoms with E-state index in [1.165, 1.54) is 13.3 Å². The van der Waals surface area contributed by atoms with Crippen LogP contribution in [0.25, 0.3) is 0 Å². The number of nitrogens with zero attached hydrogens (tertiary/aromatic N) is 2. The van der Waals surface area contributed by atoms with Crippen molar-refractivity contribution in [3.63, 3.8) is 0 Å². The molecule has 0 saturated heterocycles. The van der Waals surface area contributed by atoms with Gasteiger partial charge in [-0.05, 0) is 30.3 Å². The molecule has 166 valence electrons. The molecule has 33 heavy (non-hydrogen) atoms. The van der Waals surface area contributed by atoms with Crippen LogP contribution in [0.1, 0.15) is 23.1 Å². The first-order chi connectivity index (χ1) is 16.1. The normalized spacial score (nSPS) is 10.3. The number of nitrogens with one attached hydrogen (secondary N) is 2. The number of nitriles is 1. The Morgan fingerprint density at radius 3 is 2.64 bits per heavy atom. The molecule has 8 heteroatoms. The number of amides is 2. The van der Waals surface area contributed by atoms with Crippen LogP contribution >= 0.6 is 0 Å². The monoisotopic (exact) mass is 442 g/mol. The second-order valence-electron chi connectivity index (χ2n) is 6.85. The number of carbonyl (C=O) groups is 2. The Kier molecular flexibility index (Phi) is 8.15. The van der Waals surface area contributed by atoms with Gasteiger partial charge in [0.1, 0.15) is 24.5 Å². The van der Waals surface area contributed by atoms with E-state index in [-0.39, 0.29) is 6.61 Å². The fourth-order valence-corrected chi connectivity index (χ4v) is 2.89. The van der Waals surface area contributed by atoms with Gasteiger partial charge in [-0.3, -0.25) is 9.59 Å². The quantitative estimate of drug-likeness (QED) is 0.299. The molecule has 0 bridgehead atoms. The first-order valence-corrected chi connectivity index (χ1v) is 10.0. The fourth-order valence-electron chi connectivity index (χ4n) is 2.89. The summed E-state index contributed by atoms with van der Waals surface area (Å²) < 4.78 is 10.9. The summed E-state index contributed by atoms with van der Waals surface area (Å²) in [6.07, 6.45) is 1.04. The van der Waals surface area contributed by atoms with Crippen molar-refractivity contribution in [2.45, 2.75) is 13.0 Å². The Balaban J connectivity index is 1.54. The van der Waals surface area contributed by atoms with Gasteiger partial charge in [-0.15, -0.1) is 0 Å². The van der Waals surface area contributed by atoms with Crippen molar-refractivity contribution < 1.29 is 19.1 Å². The van der Waals surface area contributed by atoms with Crippen molar-refractivity contribution in [2.24, 2.45) is 5.10 Å². The highest BCUT2D eigenvalue weighted by Gasteiger charge is 2.10. The highest BCUT2D eigenvalue weighted by Crippen LogP contribution is 2.19. The molecular formula is C25H22N4O4. The number of anilines is 1. The lowest BCUT2D eigenvalue weighted by molar-refractivity contribution is -0.126. The van der Waals surface area contributed by atoms with Crippen molar-refractivity contribution in [2.75, 3.05) is 12.4 Å². The first kappa shape index (κ1) is 23.0. The SMILES string of the molecule is COc1cccc(NC(=O)CC(=O)NN=Cc2ccccc2OCc2ccccc2C#N)c1. The van der Waals surface area contributed by atoms with E-state index in [2.05, 4.69) is 21.9 Å². The van der Waals surface area contributed by atoms with Gasteiger partial charge in [0.15, 0.2) is 0 Å². The number of ether oxygens (including phenoxy) is 2. The van der Waals surface area contributed by atoms with Crippen LogP contribution in [0.15, 0.2) is 77.9 Å².